The summed E-state index contributed by atoms with van der Waals surface area (Å²) in [4.78, 5) is 26.6. The Morgan fingerprint density at radius 1 is 1.45 bits per heavy atom. The molecule has 0 saturated heterocycles. The monoisotopic (exact) mass is 274 g/mol. The fourth-order valence-corrected chi connectivity index (χ4v) is 1.99. The maximum atomic E-state index is 12.0. The van der Waals surface area contributed by atoms with Gasteiger partial charge in [0.05, 0.1) is 0 Å². The topological polar surface area (TPSA) is 79.3 Å². The zero-order valence-electron chi connectivity index (χ0n) is 11.2. The molecule has 1 aromatic rings. The number of aliphatic carboxylic acids is 1. The van der Waals surface area contributed by atoms with Crippen molar-refractivity contribution in [3.8, 4) is 0 Å². The second-order valence-corrected chi connectivity index (χ2v) is 4.95. The number of hydrogen-bond donors (Lipinski definition) is 2. The van der Waals surface area contributed by atoms with E-state index in [9.17, 15) is 9.59 Å². The Bertz CT molecular complexity index is 522. The van der Waals surface area contributed by atoms with Crippen molar-refractivity contribution in [2.45, 2.75) is 25.7 Å². The Morgan fingerprint density at radius 3 is 2.95 bits per heavy atom. The molecule has 20 heavy (non-hydrogen) atoms. The van der Waals surface area contributed by atoms with Gasteiger partial charge in [0.2, 0.25) is 0 Å². The molecule has 2 N–H and O–H groups in total. The molecular weight excluding hydrogens is 256 g/mol. The van der Waals surface area contributed by atoms with Crippen molar-refractivity contribution >= 4 is 18.0 Å². The van der Waals surface area contributed by atoms with Gasteiger partial charge < -0.3 is 10.4 Å². The molecular formula is C15H18N2O3. The lowest BCUT2D eigenvalue weighted by Gasteiger charge is -2.06. The summed E-state index contributed by atoms with van der Waals surface area (Å²) < 4.78 is 0. The predicted molar refractivity (Wildman–Crippen MR) is 75.2 cm³/mol. The van der Waals surface area contributed by atoms with Crippen molar-refractivity contribution in [3.05, 3.63) is 35.7 Å². The van der Waals surface area contributed by atoms with Crippen LogP contribution >= 0.6 is 0 Å². The van der Waals surface area contributed by atoms with Crippen molar-refractivity contribution in [2.24, 2.45) is 5.92 Å². The Kier molecular flexibility index (Phi) is 4.87. The van der Waals surface area contributed by atoms with Crippen LogP contribution in [0, 0.1) is 5.92 Å². The molecule has 0 radical (unpaired) electrons. The van der Waals surface area contributed by atoms with Crippen LogP contribution in [-0.4, -0.2) is 28.5 Å². The average Bonchev–Trinajstić information content (AvgIpc) is 3.25. The summed E-state index contributed by atoms with van der Waals surface area (Å²) in [5.74, 6) is -0.452. The largest absolute Gasteiger partial charge is 0.478 e. The first-order chi connectivity index (χ1) is 9.66. The molecule has 1 heterocycles. The average molecular weight is 274 g/mol. The van der Waals surface area contributed by atoms with Crippen molar-refractivity contribution in [3.63, 3.8) is 0 Å². The first kappa shape index (κ1) is 14.2. The summed E-state index contributed by atoms with van der Waals surface area (Å²) in [7, 11) is 0. The Morgan fingerprint density at radius 2 is 2.25 bits per heavy atom. The second kappa shape index (κ2) is 6.84. The summed E-state index contributed by atoms with van der Waals surface area (Å²) in [6.45, 7) is 0.633. The number of carboxylic acid groups (broad SMARTS) is 1. The second-order valence-electron chi connectivity index (χ2n) is 4.95. The number of nitrogens with zero attached hydrogens (tertiary/aromatic N) is 1. The summed E-state index contributed by atoms with van der Waals surface area (Å²) in [6, 6.07) is 3.34. The van der Waals surface area contributed by atoms with Crippen LogP contribution in [-0.2, 0) is 4.79 Å². The lowest BCUT2D eigenvalue weighted by atomic mass is 10.1. The maximum absolute atomic E-state index is 12.0. The third kappa shape index (κ3) is 4.50. The van der Waals surface area contributed by atoms with E-state index in [1.807, 2.05) is 0 Å². The van der Waals surface area contributed by atoms with Gasteiger partial charge in [0.1, 0.15) is 5.69 Å². The molecule has 0 bridgehead atoms. The fraction of sp³-hybridized carbons (Fsp3) is 0.400. The van der Waals surface area contributed by atoms with Crippen LogP contribution in [0.3, 0.4) is 0 Å². The van der Waals surface area contributed by atoms with Crippen LogP contribution in [0.15, 0.2) is 24.4 Å². The predicted octanol–water partition coefficient (Wildman–Crippen LogP) is 2.10. The van der Waals surface area contributed by atoms with Crippen LogP contribution in [0.1, 0.15) is 41.7 Å². The summed E-state index contributed by atoms with van der Waals surface area (Å²) in [5, 5.41) is 11.5. The van der Waals surface area contributed by atoms with E-state index in [2.05, 4.69) is 10.3 Å². The third-order valence-electron chi connectivity index (χ3n) is 3.23. The standard InChI is InChI=1S/C15H18N2O3/c18-13(19)8-7-12-4-2-9-16-14(12)15(20)17-10-1-3-11-5-6-11/h2,4,7-9,11H,1,3,5-6,10H2,(H,17,20)(H,18,19)/b8-7+. The van der Waals surface area contributed by atoms with Crippen molar-refractivity contribution in [1.29, 1.82) is 0 Å². The van der Waals surface area contributed by atoms with Crippen LogP contribution in [0.5, 0.6) is 0 Å². The fourth-order valence-electron chi connectivity index (χ4n) is 1.99. The molecule has 0 aliphatic heterocycles. The van der Waals surface area contributed by atoms with E-state index >= 15 is 0 Å². The number of aromatic nitrogens is 1. The van der Waals surface area contributed by atoms with Crippen LogP contribution in [0.25, 0.3) is 6.08 Å². The summed E-state index contributed by atoms with van der Waals surface area (Å²) in [5.41, 5.74) is 0.769. The molecule has 0 spiro atoms. The van der Waals surface area contributed by atoms with Crippen LogP contribution in [0.2, 0.25) is 0 Å². The first-order valence-corrected chi connectivity index (χ1v) is 6.81. The molecule has 1 aliphatic rings. The number of carbonyl (C=O) groups excluding carboxylic acids is 1. The normalized spacial score (nSPS) is 14.4. The zero-order valence-corrected chi connectivity index (χ0v) is 11.2. The van der Waals surface area contributed by atoms with Gasteiger partial charge in [-0.25, -0.2) is 4.79 Å². The lowest BCUT2D eigenvalue weighted by molar-refractivity contribution is -0.131. The number of pyridine rings is 1. The molecule has 0 unspecified atom stereocenters. The molecule has 1 aromatic heterocycles. The van der Waals surface area contributed by atoms with E-state index < -0.39 is 5.97 Å². The first-order valence-electron chi connectivity index (χ1n) is 6.81. The molecule has 106 valence electrons. The zero-order chi connectivity index (χ0) is 14.4. The maximum Gasteiger partial charge on any atom is 0.328 e. The molecule has 1 aliphatic carbocycles. The van der Waals surface area contributed by atoms with E-state index in [1.165, 1.54) is 25.1 Å². The van der Waals surface area contributed by atoms with Gasteiger partial charge >= 0.3 is 5.97 Å². The van der Waals surface area contributed by atoms with E-state index in [4.69, 9.17) is 5.11 Å². The molecule has 2 rings (SSSR count). The van der Waals surface area contributed by atoms with Gasteiger partial charge in [0.15, 0.2) is 0 Å². The van der Waals surface area contributed by atoms with Gasteiger partial charge in [0.25, 0.3) is 5.91 Å². The van der Waals surface area contributed by atoms with Gasteiger partial charge in [-0.3, -0.25) is 9.78 Å². The Labute approximate surface area is 117 Å². The third-order valence-corrected chi connectivity index (χ3v) is 3.23. The van der Waals surface area contributed by atoms with Crippen molar-refractivity contribution in [1.82, 2.24) is 10.3 Å². The molecule has 5 heteroatoms. The van der Waals surface area contributed by atoms with Crippen molar-refractivity contribution < 1.29 is 14.7 Å². The molecule has 5 nitrogen and oxygen atoms in total. The van der Waals surface area contributed by atoms with Gasteiger partial charge in [-0.05, 0) is 30.9 Å². The SMILES string of the molecule is O=C(O)/C=C/c1cccnc1C(=O)NCCCC1CC1. The van der Waals surface area contributed by atoms with Gasteiger partial charge in [-0.2, -0.15) is 0 Å². The highest BCUT2D eigenvalue weighted by atomic mass is 16.4. The highest BCUT2D eigenvalue weighted by Gasteiger charge is 2.20. The van der Waals surface area contributed by atoms with E-state index in [-0.39, 0.29) is 11.6 Å². The van der Waals surface area contributed by atoms with Gasteiger partial charge in [-0.15, -0.1) is 0 Å². The molecule has 1 fully saturated rings. The Hall–Kier alpha value is -2.17. The highest BCUT2D eigenvalue weighted by Crippen LogP contribution is 2.33. The summed E-state index contributed by atoms with van der Waals surface area (Å²) in [6.07, 6.45) is 8.68. The highest BCUT2D eigenvalue weighted by molar-refractivity contribution is 5.97. The van der Waals surface area contributed by atoms with Gasteiger partial charge in [0, 0.05) is 24.4 Å². The quantitative estimate of drug-likeness (QED) is 0.589. The van der Waals surface area contributed by atoms with Crippen molar-refractivity contribution in [2.75, 3.05) is 6.54 Å². The molecule has 1 saturated carbocycles. The molecule has 0 aromatic carbocycles. The minimum absolute atomic E-state index is 0.258. The number of carbonyl (C=O) groups is 2. The van der Waals surface area contributed by atoms with Gasteiger partial charge in [-0.1, -0.05) is 18.9 Å². The number of nitrogens with one attached hydrogen (secondary N) is 1. The lowest BCUT2D eigenvalue weighted by Crippen LogP contribution is -2.26. The smallest absolute Gasteiger partial charge is 0.328 e. The Balaban J connectivity index is 1.91. The number of amides is 1. The van der Waals surface area contributed by atoms with E-state index in [1.54, 1.807) is 12.1 Å². The van der Waals surface area contributed by atoms with E-state index in [0.29, 0.717) is 12.1 Å². The van der Waals surface area contributed by atoms with Crippen LogP contribution in [0.4, 0.5) is 0 Å². The van der Waals surface area contributed by atoms with Crippen LogP contribution < -0.4 is 5.32 Å². The molecule has 1 amide bonds. The minimum atomic E-state index is -1.05. The van der Waals surface area contributed by atoms with E-state index in [0.717, 1.165) is 24.8 Å². The summed E-state index contributed by atoms with van der Waals surface area (Å²) >= 11 is 0. The molecule has 0 atom stereocenters. The minimum Gasteiger partial charge on any atom is -0.478 e. The number of hydrogen-bond acceptors (Lipinski definition) is 3. The number of rotatable bonds is 7. The number of carboxylic acids is 1.